The summed E-state index contributed by atoms with van der Waals surface area (Å²) in [4.78, 5) is 15.5. The fourth-order valence-electron chi connectivity index (χ4n) is 1.63. The van der Waals surface area contributed by atoms with Crippen LogP contribution >= 0.6 is 0 Å². The molecule has 1 amide bonds. The molecule has 1 unspecified atom stereocenters. The summed E-state index contributed by atoms with van der Waals surface area (Å²) in [6.45, 7) is 0. The van der Waals surface area contributed by atoms with Gasteiger partial charge in [-0.05, 0) is 11.1 Å². The van der Waals surface area contributed by atoms with E-state index in [0.717, 1.165) is 0 Å². The molecule has 90 valence electrons. The number of amides is 1. The van der Waals surface area contributed by atoms with Crippen LogP contribution in [-0.2, 0) is 4.79 Å². The van der Waals surface area contributed by atoms with Crippen LogP contribution in [0.5, 0.6) is 0 Å². The van der Waals surface area contributed by atoms with Gasteiger partial charge < -0.3 is 0 Å². The molecule has 7 heteroatoms. The number of nitrogens with two attached hydrogens (primary N) is 1. The van der Waals surface area contributed by atoms with Crippen molar-refractivity contribution >= 4 is 17.5 Å². The van der Waals surface area contributed by atoms with Crippen LogP contribution in [0.15, 0.2) is 29.3 Å². The maximum atomic E-state index is 12.2. The number of hydrogen-bond donors (Lipinski definition) is 1. The highest BCUT2D eigenvalue weighted by Gasteiger charge is 2.42. The molecule has 1 aliphatic carbocycles. The zero-order valence-electron chi connectivity index (χ0n) is 8.61. The van der Waals surface area contributed by atoms with Gasteiger partial charge in [0, 0.05) is 0 Å². The number of nitrogens with zero attached hydrogens (tertiary/aromatic N) is 2. The molecule has 2 N–H and O–H groups in total. The average Bonchev–Trinajstić information content (AvgIpc) is 2.24. The van der Waals surface area contributed by atoms with E-state index in [1.165, 1.54) is 6.08 Å². The molecule has 4 nitrogen and oxygen atoms in total. The zero-order valence-corrected chi connectivity index (χ0v) is 8.61. The normalized spacial score (nSPS) is 23.8. The summed E-state index contributed by atoms with van der Waals surface area (Å²) >= 11 is 0. The van der Waals surface area contributed by atoms with Crippen LogP contribution in [0.1, 0.15) is 6.42 Å². The molecule has 0 saturated heterocycles. The molecule has 0 fully saturated rings. The molecule has 0 bridgehead atoms. The van der Waals surface area contributed by atoms with Crippen LogP contribution < -0.4 is 5.84 Å². The molecule has 1 atom stereocenters. The molecule has 0 aromatic heterocycles. The Morgan fingerprint density at radius 3 is 2.76 bits per heavy atom. The van der Waals surface area contributed by atoms with Crippen molar-refractivity contribution in [3.8, 4) is 0 Å². The molecule has 1 aliphatic heterocycles. The fourth-order valence-corrected chi connectivity index (χ4v) is 1.63. The van der Waals surface area contributed by atoms with E-state index in [0.29, 0.717) is 10.4 Å². The van der Waals surface area contributed by atoms with E-state index in [2.05, 4.69) is 4.99 Å². The number of halogens is 3. The summed E-state index contributed by atoms with van der Waals surface area (Å²) in [5.41, 5.74) is 0.290. The summed E-state index contributed by atoms with van der Waals surface area (Å²) in [5, 5.41) is 0. The number of hydrogen-bond acceptors (Lipinski definition) is 3. The number of hydrazone groups is 1. The Balaban J connectivity index is 2.37. The smallest absolute Gasteiger partial charge is 0.266 e. The van der Waals surface area contributed by atoms with Crippen molar-refractivity contribution in [2.75, 3.05) is 0 Å². The van der Waals surface area contributed by atoms with Crippen molar-refractivity contribution in [2.45, 2.75) is 12.6 Å². The maximum absolute atomic E-state index is 12.2. The molecule has 17 heavy (non-hydrogen) atoms. The molecular formula is C10H9F3N3O+. The molecule has 0 aromatic rings. The first-order valence-corrected chi connectivity index (χ1v) is 4.83. The highest BCUT2D eigenvalue weighted by atomic mass is 19.4. The van der Waals surface area contributed by atoms with Gasteiger partial charge >= 0.3 is 17.9 Å². The zero-order chi connectivity index (χ0) is 12.6. The van der Waals surface area contributed by atoms with Crippen molar-refractivity contribution < 1.29 is 22.7 Å². The van der Waals surface area contributed by atoms with Crippen molar-refractivity contribution in [3.63, 3.8) is 0 Å². The van der Waals surface area contributed by atoms with Crippen LogP contribution in [0.25, 0.3) is 0 Å². The average molecular weight is 244 g/mol. The van der Waals surface area contributed by atoms with Gasteiger partial charge in [-0.25, -0.2) is 4.79 Å². The largest absolute Gasteiger partial charge is 0.400 e. The van der Waals surface area contributed by atoms with Crippen molar-refractivity contribution in [3.05, 3.63) is 24.3 Å². The molecule has 1 heterocycles. The van der Waals surface area contributed by atoms with E-state index in [1.54, 1.807) is 18.2 Å². The van der Waals surface area contributed by atoms with Crippen LogP contribution in [0.2, 0.25) is 0 Å². The Hall–Kier alpha value is -1.92. The van der Waals surface area contributed by atoms with Crippen LogP contribution in [0.4, 0.5) is 13.2 Å². The molecule has 2 aliphatic rings. The highest BCUT2D eigenvalue weighted by Crippen LogP contribution is 2.23. The van der Waals surface area contributed by atoms with E-state index in [1.807, 2.05) is 0 Å². The number of fused-ring (bicyclic) bond motifs is 1. The van der Waals surface area contributed by atoms with Crippen LogP contribution in [0.3, 0.4) is 0 Å². The second-order valence-corrected chi connectivity index (χ2v) is 3.67. The number of aliphatic imine (C=N–C) groups is 1. The summed E-state index contributed by atoms with van der Waals surface area (Å²) in [6, 6.07) is 0. The molecular weight excluding hydrogens is 235 g/mol. The summed E-state index contributed by atoms with van der Waals surface area (Å²) in [5.74, 6) is 3.56. The maximum Gasteiger partial charge on any atom is 0.400 e. The third kappa shape index (κ3) is 2.27. The Morgan fingerprint density at radius 2 is 2.12 bits per heavy atom. The minimum atomic E-state index is -4.45. The van der Waals surface area contributed by atoms with Crippen molar-refractivity contribution in [1.29, 1.82) is 0 Å². The predicted molar refractivity (Wildman–Crippen MR) is 54.3 cm³/mol. The van der Waals surface area contributed by atoms with Gasteiger partial charge in [-0.2, -0.15) is 13.2 Å². The number of hydrazine groups is 1. The number of allylic oxidation sites excluding steroid dienone is 3. The molecule has 0 saturated carbocycles. The van der Waals surface area contributed by atoms with Gasteiger partial charge in [0.25, 0.3) is 0 Å². The van der Waals surface area contributed by atoms with Crippen LogP contribution in [-0.4, -0.2) is 28.3 Å². The molecule has 0 aromatic carbocycles. The van der Waals surface area contributed by atoms with E-state index >= 15 is 0 Å². The quantitative estimate of drug-likeness (QED) is 0.424. The second-order valence-electron chi connectivity index (χ2n) is 3.67. The molecule has 0 radical (unpaired) electrons. The number of amidine groups is 1. The number of carbonyl (C=O) groups is 1. The Labute approximate surface area is 94.6 Å². The number of rotatable bonds is 1. The lowest BCUT2D eigenvalue weighted by Crippen LogP contribution is -2.44. The first kappa shape index (κ1) is 11.6. The molecule has 2 rings (SSSR count). The first-order chi connectivity index (χ1) is 7.88. The minimum Gasteiger partial charge on any atom is -0.266 e. The Kier molecular flexibility index (Phi) is 2.60. The van der Waals surface area contributed by atoms with E-state index < -0.39 is 30.3 Å². The fraction of sp³-hybridized carbons (Fsp3) is 0.300. The van der Waals surface area contributed by atoms with Gasteiger partial charge in [0.05, 0.1) is 0 Å². The van der Waals surface area contributed by atoms with Gasteiger partial charge in [0.15, 0.2) is 12.1 Å². The highest BCUT2D eigenvalue weighted by molar-refractivity contribution is 6.17. The van der Waals surface area contributed by atoms with Gasteiger partial charge in [-0.3, -0.25) is 5.84 Å². The summed E-state index contributed by atoms with van der Waals surface area (Å²) in [6.07, 6.45) is 0.531. The second kappa shape index (κ2) is 3.83. The summed E-state index contributed by atoms with van der Waals surface area (Å²) < 4.78 is 37.2. The van der Waals surface area contributed by atoms with Gasteiger partial charge in [0.2, 0.25) is 0 Å². The minimum absolute atomic E-state index is 0.290. The lowest BCUT2D eigenvalue weighted by molar-refractivity contribution is -0.465. The monoisotopic (exact) mass is 244 g/mol. The first-order valence-electron chi connectivity index (χ1n) is 4.83. The predicted octanol–water partition coefficient (Wildman–Crippen LogP) is 0.947. The van der Waals surface area contributed by atoms with Gasteiger partial charge in [0.1, 0.15) is 5.92 Å². The van der Waals surface area contributed by atoms with E-state index in [4.69, 9.17) is 5.84 Å². The number of carbonyl (C=O) groups excluding carboxylic acids is 1. The van der Waals surface area contributed by atoms with E-state index in [-0.39, 0.29) is 0 Å². The van der Waals surface area contributed by atoms with Gasteiger partial charge in [-0.15, -0.1) is 0 Å². The SMILES string of the molecule is N[N+]1=C(CC(F)(F)F)N=C2C=CC=CC2C1=O. The van der Waals surface area contributed by atoms with Gasteiger partial charge in [-0.1, -0.05) is 22.9 Å². The van der Waals surface area contributed by atoms with Crippen molar-refractivity contribution in [1.82, 2.24) is 0 Å². The lowest BCUT2D eigenvalue weighted by Gasteiger charge is -2.15. The third-order valence-electron chi connectivity index (χ3n) is 2.40. The summed E-state index contributed by atoms with van der Waals surface area (Å²) in [7, 11) is 0. The Bertz CT molecular complexity index is 486. The third-order valence-corrected chi connectivity index (χ3v) is 2.40. The van der Waals surface area contributed by atoms with Crippen LogP contribution in [0, 0.1) is 5.92 Å². The lowest BCUT2D eigenvalue weighted by atomic mass is 9.96. The molecule has 0 spiro atoms. The Morgan fingerprint density at radius 1 is 1.41 bits per heavy atom. The number of alkyl halides is 3. The standard InChI is InChI=1S/C10H9F3N3O/c11-10(12,13)5-8-15-7-4-2-1-3-6(7)9(17)16(8)14/h1-4,6H,5,14H2/q+1. The topological polar surface area (TPSA) is 58.5 Å². The van der Waals surface area contributed by atoms with E-state index in [9.17, 15) is 18.0 Å². The van der Waals surface area contributed by atoms with Crippen molar-refractivity contribution in [2.24, 2.45) is 16.8 Å².